The van der Waals surface area contributed by atoms with E-state index in [0.717, 1.165) is 0 Å². The summed E-state index contributed by atoms with van der Waals surface area (Å²) in [7, 11) is 0. The molecule has 1 aromatic heterocycles. The van der Waals surface area contributed by atoms with Crippen LogP contribution in [-0.2, 0) is 0 Å². The Morgan fingerprint density at radius 2 is 1.64 bits per heavy atom. The van der Waals surface area contributed by atoms with Crippen LogP contribution in [0, 0.1) is 5.82 Å². The van der Waals surface area contributed by atoms with Gasteiger partial charge in [-0.05, 0) is 18.2 Å². The van der Waals surface area contributed by atoms with Crippen molar-refractivity contribution in [2.75, 3.05) is 6.61 Å². The van der Waals surface area contributed by atoms with Crippen LogP contribution in [0.2, 0.25) is 0 Å². The summed E-state index contributed by atoms with van der Waals surface area (Å²) in [6.45, 7) is -0.378. The Labute approximate surface area is 159 Å². The largest absolute Gasteiger partial charge is 0.481 e. The second-order valence-corrected chi connectivity index (χ2v) is 6.45. The van der Waals surface area contributed by atoms with Crippen LogP contribution in [0.5, 0.6) is 5.75 Å². The van der Waals surface area contributed by atoms with Crippen LogP contribution in [0.25, 0.3) is 22.2 Å². The van der Waals surface area contributed by atoms with E-state index in [1.54, 1.807) is 42.5 Å². The van der Waals surface area contributed by atoms with Crippen LogP contribution in [0.4, 0.5) is 4.39 Å². The normalized spacial score (nSPS) is 12.1. The van der Waals surface area contributed by atoms with E-state index < -0.39 is 11.7 Å². The van der Waals surface area contributed by atoms with Crippen molar-refractivity contribution in [2.24, 2.45) is 0 Å². The topological polar surface area (TPSA) is 61.2 Å². The average Bonchev–Trinajstić information content (AvgIpc) is 3.12. The standard InChI is InChI=1S/C22H13FN2O3/c23-16-9-3-4-11-18(16)28-12-19(26)25-17-10-5-8-15-20(17)21(24-25)13-6-1-2-7-14(13)22(15)27/h1-11H,12H2. The molecular weight excluding hydrogens is 359 g/mol. The minimum Gasteiger partial charge on any atom is -0.481 e. The third kappa shape index (κ3) is 2.35. The predicted octanol–water partition coefficient (Wildman–Crippen LogP) is 4.11. The van der Waals surface area contributed by atoms with Crippen molar-refractivity contribution in [1.29, 1.82) is 0 Å². The number of aromatic nitrogens is 2. The first-order chi connectivity index (χ1) is 13.6. The molecule has 136 valence electrons. The number of nitrogens with zero attached hydrogens (tertiary/aromatic N) is 2. The molecule has 0 amide bonds. The monoisotopic (exact) mass is 372 g/mol. The molecule has 1 aliphatic carbocycles. The lowest BCUT2D eigenvalue weighted by Crippen LogP contribution is -2.20. The second-order valence-electron chi connectivity index (χ2n) is 6.45. The first-order valence-corrected chi connectivity index (χ1v) is 8.71. The van der Waals surface area contributed by atoms with Gasteiger partial charge in [-0.25, -0.2) is 4.39 Å². The average molecular weight is 372 g/mol. The Bertz CT molecular complexity index is 1280. The number of fused-ring (bicyclic) bond motifs is 2. The number of rotatable bonds is 3. The number of carbonyl (C=O) groups excluding carboxylic acids is 2. The fourth-order valence-electron chi connectivity index (χ4n) is 3.53. The van der Waals surface area contributed by atoms with Crippen molar-refractivity contribution in [3.63, 3.8) is 0 Å². The summed E-state index contributed by atoms with van der Waals surface area (Å²) in [6.07, 6.45) is 0. The van der Waals surface area contributed by atoms with Crippen molar-refractivity contribution in [3.8, 4) is 17.0 Å². The van der Waals surface area contributed by atoms with Crippen molar-refractivity contribution in [1.82, 2.24) is 9.78 Å². The first-order valence-electron chi connectivity index (χ1n) is 8.71. The molecule has 0 fully saturated rings. The van der Waals surface area contributed by atoms with E-state index in [9.17, 15) is 14.0 Å². The summed E-state index contributed by atoms with van der Waals surface area (Å²) in [5.74, 6) is -1.09. The third-order valence-corrected chi connectivity index (χ3v) is 4.80. The highest BCUT2D eigenvalue weighted by Gasteiger charge is 2.29. The molecule has 0 aliphatic heterocycles. The zero-order valence-electron chi connectivity index (χ0n) is 14.6. The number of ketones is 1. The Kier molecular flexibility index (Phi) is 3.58. The van der Waals surface area contributed by atoms with Crippen molar-refractivity contribution in [2.45, 2.75) is 0 Å². The van der Waals surface area contributed by atoms with Gasteiger partial charge in [-0.15, -0.1) is 0 Å². The zero-order chi connectivity index (χ0) is 19.3. The number of halogens is 1. The quantitative estimate of drug-likeness (QED) is 0.478. The lowest BCUT2D eigenvalue weighted by molar-refractivity contribution is 0.0824. The van der Waals surface area contributed by atoms with Gasteiger partial charge in [0.05, 0.1) is 5.52 Å². The number of hydrogen-bond acceptors (Lipinski definition) is 4. The molecule has 1 heterocycles. The second kappa shape index (κ2) is 6.13. The molecule has 5 rings (SSSR count). The van der Waals surface area contributed by atoms with Crippen LogP contribution in [0.3, 0.4) is 0 Å². The zero-order valence-corrected chi connectivity index (χ0v) is 14.6. The predicted molar refractivity (Wildman–Crippen MR) is 101 cm³/mol. The molecule has 0 saturated heterocycles. The highest BCUT2D eigenvalue weighted by Crippen LogP contribution is 2.38. The van der Waals surface area contributed by atoms with E-state index >= 15 is 0 Å². The molecule has 0 atom stereocenters. The van der Waals surface area contributed by atoms with Gasteiger partial charge in [-0.3, -0.25) is 9.59 Å². The highest BCUT2D eigenvalue weighted by atomic mass is 19.1. The molecular formula is C22H13FN2O3. The molecule has 6 heteroatoms. The Morgan fingerprint density at radius 1 is 0.929 bits per heavy atom. The van der Waals surface area contributed by atoms with E-state index in [4.69, 9.17) is 4.74 Å². The molecule has 1 aliphatic rings. The molecule has 0 unspecified atom stereocenters. The Hall–Kier alpha value is -3.80. The number of carbonyl (C=O) groups is 2. The van der Waals surface area contributed by atoms with Crippen LogP contribution >= 0.6 is 0 Å². The number of para-hydroxylation sites is 1. The molecule has 28 heavy (non-hydrogen) atoms. The van der Waals surface area contributed by atoms with E-state index in [0.29, 0.717) is 33.3 Å². The van der Waals surface area contributed by atoms with Gasteiger partial charge < -0.3 is 4.74 Å². The third-order valence-electron chi connectivity index (χ3n) is 4.80. The molecule has 0 radical (unpaired) electrons. The molecule has 0 bridgehead atoms. The molecule has 3 aromatic carbocycles. The van der Waals surface area contributed by atoms with Gasteiger partial charge in [-0.2, -0.15) is 9.78 Å². The SMILES string of the molecule is O=C1c2ccccc2-c2nn(C(=O)COc3ccccc3F)c3cccc1c23. The minimum atomic E-state index is -0.541. The lowest BCUT2D eigenvalue weighted by atomic mass is 9.87. The lowest BCUT2D eigenvalue weighted by Gasteiger charge is -2.13. The summed E-state index contributed by atoms with van der Waals surface area (Å²) in [6, 6.07) is 18.3. The van der Waals surface area contributed by atoms with Crippen LogP contribution < -0.4 is 4.74 Å². The minimum absolute atomic E-state index is 0.00179. The highest BCUT2D eigenvalue weighted by molar-refractivity contribution is 6.25. The number of ether oxygens (including phenoxy) is 1. The maximum Gasteiger partial charge on any atom is 0.285 e. The van der Waals surface area contributed by atoms with E-state index in [-0.39, 0.29) is 18.1 Å². The van der Waals surface area contributed by atoms with Gasteiger partial charge in [0.15, 0.2) is 24.0 Å². The summed E-state index contributed by atoms with van der Waals surface area (Å²) >= 11 is 0. The van der Waals surface area contributed by atoms with Crippen molar-refractivity contribution < 1.29 is 18.7 Å². The smallest absolute Gasteiger partial charge is 0.285 e. The summed E-state index contributed by atoms with van der Waals surface area (Å²) in [4.78, 5) is 25.6. The van der Waals surface area contributed by atoms with E-state index in [1.807, 2.05) is 12.1 Å². The molecule has 0 saturated carbocycles. The fourth-order valence-corrected chi connectivity index (χ4v) is 3.53. The van der Waals surface area contributed by atoms with Gasteiger partial charge in [0.1, 0.15) is 5.69 Å². The van der Waals surface area contributed by atoms with Gasteiger partial charge >= 0.3 is 0 Å². The van der Waals surface area contributed by atoms with Gasteiger partial charge in [0, 0.05) is 22.1 Å². The van der Waals surface area contributed by atoms with Gasteiger partial charge in [0.25, 0.3) is 5.91 Å². The number of hydrogen-bond donors (Lipinski definition) is 0. The van der Waals surface area contributed by atoms with E-state index in [2.05, 4.69) is 5.10 Å². The van der Waals surface area contributed by atoms with Crippen LogP contribution in [0.1, 0.15) is 20.7 Å². The van der Waals surface area contributed by atoms with Crippen molar-refractivity contribution >= 4 is 22.6 Å². The van der Waals surface area contributed by atoms with Crippen molar-refractivity contribution in [3.05, 3.63) is 83.7 Å². The summed E-state index contributed by atoms with van der Waals surface area (Å²) in [5.41, 5.74) is 2.87. The Morgan fingerprint density at radius 3 is 2.46 bits per heavy atom. The molecule has 4 aromatic rings. The van der Waals surface area contributed by atoms with Crippen LogP contribution in [0.15, 0.2) is 66.7 Å². The summed E-state index contributed by atoms with van der Waals surface area (Å²) in [5, 5.41) is 5.12. The van der Waals surface area contributed by atoms with Gasteiger partial charge in [-0.1, -0.05) is 48.5 Å². The van der Waals surface area contributed by atoms with Gasteiger partial charge in [0.2, 0.25) is 0 Å². The maximum absolute atomic E-state index is 13.7. The molecule has 0 spiro atoms. The maximum atomic E-state index is 13.7. The van der Waals surface area contributed by atoms with E-state index in [1.165, 1.54) is 16.8 Å². The summed E-state index contributed by atoms with van der Waals surface area (Å²) < 4.78 is 20.3. The van der Waals surface area contributed by atoms with Crippen LogP contribution in [-0.4, -0.2) is 28.1 Å². The Balaban J connectivity index is 1.59. The fraction of sp³-hybridized carbons (Fsp3) is 0.0455. The molecule has 0 N–H and O–H groups in total. The first kappa shape index (κ1) is 16.4. The number of benzene rings is 3. The molecule has 5 nitrogen and oxygen atoms in total.